The molecule has 1 aliphatic rings. The lowest BCUT2D eigenvalue weighted by Crippen LogP contribution is -2.46. The molecule has 5 nitrogen and oxygen atoms in total. The number of aromatic nitrogens is 2. The van der Waals surface area contributed by atoms with Gasteiger partial charge in [-0.3, -0.25) is 9.48 Å². The van der Waals surface area contributed by atoms with Crippen LogP contribution >= 0.6 is 0 Å². The Hall–Kier alpha value is -2.14. The number of fused-ring (bicyclic) bond motifs is 1. The van der Waals surface area contributed by atoms with Gasteiger partial charge in [0.2, 0.25) is 5.91 Å². The number of amides is 1. The second kappa shape index (κ2) is 6.77. The molecule has 0 unspecified atom stereocenters. The minimum absolute atomic E-state index is 0.0760. The molecule has 0 N–H and O–H groups in total. The minimum atomic E-state index is -0.247. The molecule has 5 heteroatoms. The number of ether oxygens (including phenoxy) is 1. The molecule has 2 heterocycles. The lowest BCUT2D eigenvalue weighted by atomic mass is 10.0. The summed E-state index contributed by atoms with van der Waals surface area (Å²) in [5.74, 6) is 0.0760. The van der Waals surface area contributed by atoms with Gasteiger partial charge in [-0.25, -0.2) is 0 Å². The molecule has 2 aromatic rings. The summed E-state index contributed by atoms with van der Waals surface area (Å²) in [5, 5.41) is 4.55. The first-order valence-corrected chi connectivity index (χ1v) is 8.41. The highest BCUT2D eigenvalue weighted by Gasteiger charge is 2.27. The predicted octanol–water partition coefficient (Wildman–Crippen LogP) is 2.78. The predicted molar refractivity (Wildman–Crippen MR) is 92.3 cm³/mol. The molecular weight excluding hydrogens is 302 g/mol. The molecule has 1 aromatic heterocycles. The summed E-state index contributed by atoms with van der Waals surface area (Å²) in [6.45, 7) is 8.36. The van der Waals surface area contributed by atoms with Gasteiger partial charge in [0.1, 0.15) is 6.54 Å². The molecule has 1 aliphatic heterocycles. The van der Waals surface area contributed by atoms with Crippen LogP contribution in [0.4, 0.5) is 0 Å². The Morgan fingerprint density at radius 2 is 2.04 bits per heavy atom. The maximum atomic E-state index is 12.9. The van der Waals surface area contributed by atoms with Crippen LogP contribution in [0.3, 0.4) is 0 Å². The zero-order valence-electron chi connectivity index (χ0n) is 14.7. The molecule has 0 radical (unpaired) electrons. The topological polar surface area (TPSA) is 47.4 Å². The lowest BCUT2D eigenvalue weighted by molar-refractivity contribution is -0.137. The SMILES string of the molecule is CC(C)(C)N(Cc1ccccc1)C(=O)Cn1cc2c(n1)CCOC2. The van der Waals surface area contributed by atoms with Gasteiger partial charge in [-0.15, -0.1) is 0 Å². The minimum Gasteiger partial charge on any atom is -0.376 e. The first-order valence-electron chi connectivity index (χ1n) is 8.41. The van der Waals surface area contributed by atoms with Crippen molar-refractivity contribution in [3.05, 3.63) is 53.3 Å². The third-order valence-corrected chi connectivity index (χ3v) is 4.26. The van der Waals surface area contributed by atoms with E-state index in [1.807, 2.05) is 29.3 Å². The van der Waals surface area contributed by atoms with E-state index in [1.54, 1.807) is 4.68 Å². The summed E-state index contributed by atoms with van der Waals surface area (Å²) >= 11 is 0. The molecule has 3 rings (SSSR count). The van der Waals surface area contributed by atoms with E-state index in [2.05, 4.69) is 38.0 Å². The van der Waals surface area contributed by atoms with E-state index in [1.165, 1.54) is 0 Å². The number of carbonyl (C=O) groups is 1. The van der Waals surface area contributed by atoms with Gasteiger partial charge in [0, 0.05) is 30.3 Å². The Labute approximate surface area is 143 Å². The van der Waals surface area contributed by atoms with Crippen LogP contribution in [0.1, 0.15) is 37.6 Å². The second-order valence-electron chi connectivity index (χ2n) is 7.24. The highest BCUT2D eigenvalue weighted by molar-refractivity contribution is 5.76. The summed E-state index contributed by atoms with van der Waals surface area (Å²) in [6, 6.07) is 10.1. The molecule has 0 atom stereocenters. The molecule has 0 saturated carbocycles. The van der Waals surface area contributed by atoms with Gasteiger partial charge in [-0.2, -0.15) is 5.10 Å². The smallest absolute Gasteiger partial charge is 0.245 e. The summed E-state index contributed by atoms with van der Waals surface area (Å²) in [6.07, 6.45) is 2.76. The van der Waals surface area contributed by atoms with Crippen molar-refractivity contribution in [2.45, 2.75) is 52.4 Å². The van der Waals surface area contributed by atoms with Crippen LogP contribution in [-0.2, 0) is 35.6 Å². The molecule has 0 bridgehead atoms. The summed E-state index contributed by atoms with van der Waals surface area (Å²) in [5.41, 5.74) is 3.04. The first-order chi connectivity index (χ1) is 11.4. The first kappa shape index (κ1) is 16.7. The number of carbonyl (C=O) groups excluding carboxylic acids is 1. The number of rotatable bonds is 4. The number of hydrogen-bond acceptors (Lipinski definition) is 3. The summed E-state index contributed by atoms with van der Waals surface area (Å²) < 4.78 is 7.20. The van der Waals surface area contributed by atoms with Crippen molar-refractivity contribution in [2.24, 2.45) is 0 Å². The van der Waals surface area contributed by atoms with Crippen molar-refractivity contribution in [3.8, 4) is 0 Å². The Balaban J connectivity index is 1.75. The van der Waals surface area contributed by atoms with Crippen molar-refractivity contribution in [2.75, 3.05) is 6.61 Å². The summed E-state index contributed by atoms with van der Waals surface area (Å²) in [7, 11) is 0. The average Bonchev–Trinajstić information content (AvgIpc) is 2.94. The molecule has 1 amide bonds. The zero-order valence-corrected chi connectivity index (χ0v) is 14.7. The number of nitrogens with zero attached hydrogens (tertiary/aromatic N) is 3. The van der Waals surface area contributed by atoms with E-state index >= 15 is 0 Å². The van der Waals surface area contributed by atoms with Crippen molar-refractivity contribution >= 4 is 5.91 Å². The normalized spacial score (nSPS) is 14.3. The molecule has 0 fully saturated rings. The maximum Gasteiger partial charge on any atom is 0.245 e. The van der Waals surface area contributed by atoms with Crippen LogP contribution in [0.2, 0.25) is 0 Å². The van der Waals surface area contributed by atoms with Gasteiger partial charge >= 0.3 is 0 Å². The monoisotopic (exact) mass is 327 g/mol. The van der Waals surface area contributed by atoms with Crippen molar-refractivity contribution in [1.29, 1.82) is 0 Å². The van der Waals surface area contributed by atoms with E-state index in [4.69, 9.17) is 4.74 Å². The second-order valence-corrected chi connectivity index (χ2v) is 7.24. The molecule has 24 heavy (non-hydrogen) atoms. The van der Waals surface area contributed by atoms with Crippen LogP contribution in [0.25, 0.3) is 0 Å². The van der Waals surface area contributed by atoms with Gasteiger partial charge < -0.3 is 9.64 Å². The van der Waals surface area contributed by atoms with Gasteiger partial charge in [0.25, 0.3) is 0 Å². The fourth-order valence-electron chi connectivity index (χ4n) is 2.96. The lowest BCUT2D eigenvalue weighted by Gasteiger charge is -2.36. The van der Waals surface area contributed by atoms with Crippen LogP contribution in [0.5, 0.6) is 0 Å². The fraction of sp³-hybridized carbons (Fsp3) is 0.474. The third kappa shape index (κ3) is 3.85. The Kier molecular flexibility index (Phi) is 4.71. The van der Waals surface area contributed by atoms with E-state index in [0.717, 1.165) is 23.2 Å². The van der Waals surface area contributed by atoms with Gasteiger partial charge in [0.05, 0.1) is 18.9 Å². The Bertz CT molecular complexity index is 678. The van der Waals surface area contributed by atoms with Crippen LogP contribution < -0.4 is 0 Å². The van der Waals surface area contributed by atoms with E-state index in [-0.39, 0.29) is 18.0 Å². The van der Waals surface area contributed by atoms with Crippen LogP contribution in [-0.4, -0.2) is 32.7 Å². The van der Waals surface area contributed by atoms with Crippen molar-refractivity contribution < 1.29 is 9.53 Å². The quantitative estimate of drug-likeness (QED) is 0.867. The Morgan fingerprint density at radius 3 is 2.71 bits per heavy atom. The standard InChI is InChI=1S/C19H25N3O2/c1-19(2,3)22(11-15-7-5-4-6-8-15)18(23)13-21-12-16-14-24-10-9-17(16)20-21/h4-8,12H,9-11,13-14H2,1-3H3. The fourth-order valence-corrected chi connectivity index (χ4v) is 2.96. The van der Waals surface area contributed by atoms with Crippen molar-refractivity contribution in [1.82, 2.24) is 14.7 Å². The zero-order chi connectivity index (χ0) is 17.2. The highest BCUT2D eigenvalue weighted by atomic mass is 16.5. The van der Waals surface area contributed by atoms with Gasteiger partial charge in [0.15, 0.2) is 0 Å². The number of hydrogen-bond donors (Lipinski definition) is 0. The van der Waals surface area contributed by atoms with Crippen LogP contribution in [0.15, 0.2) is 36.5 Å². The molecule has 128 valence electrons. The average molecular weight is 327 g/mol. The molecule has 1 aromatic carbocycles. The highest BCUT2D eigenvalue weighted by Crippen LogP contribution is 2.19. The summed E-state index contributed by atoms with van der Waals surface area (Å²) in [4.78, 5) is 14.8. The van der Waals surface area contributed by atoms with E-state index < -0.39 is 0 Å². The molecule has 0 aliphatic carbocycles. The number of benzene rings is 1. The largest absolute Gasteiger partial charge is 0.376 e. The molecular formula is C19H25N3O2. The van der Waals surface area contributed by atoms with E-state index in [9.17, 15) is 4.79 Å². The van der Waals surface area contributed by atoms with Crippen molar-refractivity contribution in [3.63, 3.8) is 0 Å². The molecule has 0 spiro atoms. The van der Waals surface area contributed by atoms with Gasteiger partial charge in [-0.1, -0.05) is 30.3 Å². The maximum absolute atomic E-state index is 12.9. The molecule has 0 saturated heterocycles. The third-order valence-electron chi connectivity index (χ3n) is 4.26. The van der Waals surface area contributed by atoms with Gasteiger partial charge in [-0.05, 0) is 26.3 Å². The Morgan fingerprint density at radius 1 is 1.29 bits per heavy atom. The van der Waals surface area contributed by atoms with E-state index in [0.29, 0.717) is 19.8 Å². The van der Waals surface area contributed by atoms with Crippen LogP contribution in [0, 0.1) is 0 Å².